The Kier molecular flexibility index (Phi) is 3.63. The molecular formula is C8H16O5. The van der Waals surface area contributed by atoms with E-state index in [0.29, 0.717) is 0 Å². The predicted molar refractivity (Wildman–Crippen MR) is 44.2 cm³/mol. The maximum atomic E-state index is 9.49. The van der Waals surface area contributed by atoms with Crippen LogP contribution in [0.3, 0.4) is 0 Å². The Labute approximate surface area is 76.9 Å². The van der Waals surface area contributed by atoms with Gasteiger partial charge in [0.05, 0.1) is 12.7 Å². The van der Waals surface area contributed by atoms with Gasteiger partial charge < -0.3 is 24.8 Å². The van der Waals surface area contributed by atoms with Crippen molar-refractivity contribution in [2.24, 2.45) is 0 Å². The number of rotatable bonds is 3. The SMILES string of the molecule is CO[C@H](CO)[C@@H]1O[C@H](C)[C@@H](O)C1O. The zero-order valence-electron chi connectivity index (χ0n) is 7.75. The third-order valence-electron chi connectivity index (χ3n) is 2.39. The molecule has 5 atom stereocenters. The van der Waals surface area contributed by atoms with Gasteiger partial charge in [-0.3, -0.25) is 0 Å². The molecule has 0 radical (unpaired) electrons. The molecule has 0 aromatic heterocycles. The Hall–Kier alpha value is -0.200. The summed E-state index contributed by atoms with van der Waals surface area (Å²) in [4.78, 5) is 0. The molecule has 5 heteroatoms. The Morgan fingerprint density at radius 2 is 2.00 bits per heavy atom. The standard InChI is InChI=1S/C8H16O5/c1-4-6(10)7(11)8(13-4)5(3-9)12-2/h4-11H,3H2,1-2H3/t4-,5-,6-,7?,8+/m1/s1. The summed E-state index contributed by atoms with van der Waals surface area (Å²) < 4.78 is 10.1. The first-order valence-electron chi connectivity index (χ1n) is 4.27. The van der Waals surface area contributed by atoms with E-state index in [9.17, 15) is 10.2 Å². The molecule has 1 aliphatic heterocycles. The lowest BCUT2D eigenvalue weighted by atomic mass is 10.0. The van der Waals surface area contributed by atoms with Crippen LogP contribution in [-0.4, -0.2) is 59.6 Å². The van der Waals surface area contributed by atoms with Gasteiger partial charge in [-0.15, -0.1) is 0 Å². The molecule has 1 aliphatic rings. The first kappa shape index (κ1) is 10.9. The van der Waals surface area contributed by atoms with Crippen molar-refractivity contribution >= 4 is 0 Å². The van der Waals surface area contributed by atoms with Crippen molar-refractivity contribution < 1.29 is 24.8 Å². The van der Waals surface area contributed by atoms with Crippen LogP contribution >= 0.6 is 0 Å². The number of methoxy groups -OCH3 is 1. The quantitative estimate of drug-likeness (QED) is 0.507. The summed E-state index contributed by atoms with van der Waals surface area (Å²) >= 11 is 0. The fraction of sp³-hybridized carbons (Fsp3) is 1.00. The van der Waals surface area contributed by atoms with Crippen LogP contribution in [0.1, 0.15) is 6.92 Å². The van der Waals surface area contributed by atoms with Crippen LogP contribution in [0.25, 0.3) is 0 Å². The number of hydrogen-bond acceptors (Lipinski definition) is 5. The summed E-state index contributed by atoms with van der Waals surface area (Å²) in [6.45, 7) is 1.43. The number of aliphatic hydroxyl groups excluding tert-OH is 3. The molecule has 0 spiro atoms. The fourth-order valence-electron chi connectivity index (χ4n) is 1.50. The van der Waals surface area contributed by atoms with E-state index in [1.54, 1.807) is 6.92 Å². The van der Waals surface area contributed by atoms with E-state index in [2.05, 4.69) is 0 Å². The van der Waals surface area contributed by atoms with Gasteiger partial charge in [0.15, 0.2) is 0 Å². The molecule has 1 rings (SSSR count). The molecule has 0 bridgehead atoms. The lowest BCUT2D eigenvalue weighted by molar-refractivity contribution is -0.0945. The third-order valence-corrected chi connectivity index (χ3v) is 2.39. The van der Waals surface area contributed by atoms with Crippen molar-refractivity contribution in [2.45, 2.75) is 37.4 Å². The van der Waals surface area contributed by atoms with Gasteiger partial charge in [-0.05, 0) is 6.92 Å². The van der Waals surface area contributed by atoms with Crippen LogP contribution in [0.2, 0.25) is 0 Å². The van der Waals surface area contributed by atoms with Crippen molar-refractivity contribution in [1.29, 1.82) is 0 Å². The molecule has 3 N–H and O–H groups in total. The van der Waals surface area contributed by atoms with E-state index in [4.69, 9.17) is 14.6 Å². The minimum Gasteiger partial charge on any atom is -0.394 e. The maximum absolute atomic E-state index is 9.49. The molecule has 1 unspecified atom stereocenters. The van der Waals surface area contributed by atoms with Gasteiger partial charge in [-0.25, -0.2) is 0 Å². The average Bonchev–Trinajstić information content (AvgIpc) is 2.36. The van der Waals surface area contributed by atoms with E-state index >= 15 is 0 Å². The predicted octanol–water partition coefficient (Wildman–Crippen LogP) is -1.50. The second-order valence-electron chi connectivity index (χ2n) is 3.24. The molecular weight excluding hydrogens is 176 g/mol. The molecule has 0 amide bonds. The second kappa shape index (κ2) is 4.34. The Morgan fingerprint density at radius 1 is 1.38 bits per heavy atom. The van der Waals surface area contributed by atoms with Crippen molar-refractivity contribution in [3.63, 3.8) is 0 Å². The van der Waals surface area contributed by atoms with Gasteiger partial charge in [0.1, 0.15) is 24.4 Å². The van der Waals surface area contributed by atoms with Crippen LogP contribution in [0.4, 0.5) is 0 Å². The van der Waals surface area contributed by atoms with Crippen LogP contribution in [0, 0.1) is 0 Å². The Morgan fingerprint density at radius 3 is 2.31 bits per heavy atom. The summed E-state index contributed by atoms with van der Waals surface area (Å²) in [5.41, 5.74) is 0. The highest BCUT2D eigenvalue weighted by atomic mass is 16.6. The van der Waals surface area contributed by atoms with Gasteiger partial charge in [0.25, 0.3) is 0 Å². The highest BCUT2D eigenvalue weighted by molar-refractivity contribution is 4.92. The second-order valence-corrected chi connectivity index (χ2v) is 3.24. The molecule has 0 aromatic rings. The van der Waals surface area contributed by atoms with Gasteiger partial charge in [-0.2, -0.15) is 0 Å². The van der Waals surface area contributed by atoms with E-state index in [1.165, 1.54) is 7.11 Å². The van der Waals surface area contributed by atoms with Gasteiger partial charge >= 0.3 is 0 Å². The van der Waals surface area contributed by atoms with Gasteiger partial charge in [-0.1, -0.05) is 0 Å². The van der Waals surface area contributed by atoms with Crippen LogP contribution < -0.4 is 0 Å². The van der Waals surface area contributed by atoms with Crippen LogP contribution in [0.15, 0.2) is 0 Å². The Bertz CT molecular complexity index is 157. The van der Waals surface area contributed by atoms with Gasteiger partial charge in [0.2, 0.25) is 0 Å². The normalized spacial score (nSPS) is 42.2. The van der Waals surface area contributed by atoms with Gasteiger partial charge in [0, 0.05) is 7.11 Å². The fourth-order valence-corrected chi connectivity index (χ4v) is 1.50. The van der Waals surface area contributed by atoms with Crippen molar-refractivity contribution in [1.82, 2.24) is 0 Å². The zero-order valence-corrected chi connectivity index (χ0v) is 7.75. The average molecular weight is 192 g/mol. The molecule has 13 heavy (non-hydrogen) atoms. The summed E-state index contributed by atoms with van der Waals surface area (Å²) in [5.74, 6) is 0. The molecule has 1 saturated heterocycles. The first-order chi connectivity index (χ1) is 6.11. The van der Waals surface area contributed by atoms with E-state index < -0.39 is 30.5 Å². The highest BCUT2D eigenvalue weighted by Gasteiger charge is 2.44. The third kappa shape index (κ3) is 2.00. The van der Waals surface area contributed by atoms with Crippen LogP contribution in [0.5, 0.6) is 0 Å². The lowest BCUT2D eigenvalue weighted by Crippen LogP contribution is -2.41. The number of hydrogen-bond donors (Lipinski definition) is 3. The number of ether oxygens (including phenoxy) is 2. The molecule has 0 aromatic carbocycles. The smallest absolute Gasteiger partial charge is 0.115 e. The molecule has 5 nitrogen and oxygen atoms in total. The van der Waals surface area contributed by atoms with Crippen molar-refractivity contribution in [3.05, 3.63) is 0 Å². The van der Waals surface area contributed by atoms with Crippen LogP contribution in [-0.2, 0) is 9.47 Å². The Balaban J connectivity index is 2.61. The summed E-state index contributed by atoms with van der Waals surface area (Å²) in [6.07, 6.45) is -3.57. The monoisotopic (exact) mass is 192 g/mol. The maximum Gasteiger partial charge on any atom is 0.115 e. The lowest BCUT2D eigenvalue weighted by Gasteiger charge is -2.22. The van der Waals surface area contributed by atoms with E-state index in [0.717, 1.165) is 0 Å². The van der Waals surface area contributed by atoms with E-state index in [1.807, 2.05) is 0 Å². The number of aliphatic hydroxyl groups is 3. The highest BCUT2D eigenvalue weighted by Crippen LogP contribution is 2.24. The molecule has 1 fully saturated rings. The summed E-state index contributed by atoms with van der Waals surface area (Å²) in [7, 11) is 1.42. The van der Waals surface area contributed by atoms with Crippen molar-refractivity contribution in [2.75, 3.05) is 13.7 Å². The van der Waals surface area contributed by atoms with Crippen molar-refractivity contribution in [3.8, 4) is 0 Å². The topological polar surface area (TPSA) is 79.2 Å². The molecule has 0 aliphatic carbocycles. The zero-order chi connectivity index (χ0) is 10.0. The first-order valence-corrected chi connectivity index (χ1v) is 4.27. The molecule has 1 heterocycles. The minimum atomic E-state index is -0.993. The molecule has 78 valence electrons. The molecule has 0 saturated carbocycles. The largest absolute Gasteiger partial charge is 0.394 e. The summed E-state index contributed by atoms with van der Waals surface area (Å²) in [5, 5.41) is 27.7. The van der Waals surface area contributed by atoms with E-state index in [-0.39, 0.29) is 6.61 Å². The summed E-state index contributed by atoms with van der Waals surface area (Å²) in [6, 6.07) is 0. The minimum absolute atomic E-state index is 0.238.